The van der Waals surface area contributed by atoms with E-state index in [-0.39, 0.29) is 1.43 Å². The number of benzene rings is 12. The topological polar surface area (TPSA) is 104 Å². The number of hydrogen-bond acceptors (Lipinski definition) is 7. The van der Waals surface area contributed by atoms with Crippen molar-refractivity contribution in [3.05, 3.63) is 279 Å². The third-order valence-electron chi connectivity index (χ3n) is 14.1. The molecule has 0 amide bonds. The van der Waals surface area contributed by atoms with Crippen LogP contribution in [-0.4, -0.2) is 13.9 Å². The lowest BCUT2D eigenvalue weighted by Crippen LogP contribution is -2.28. The van der Waals surface area contributed by atoms with Gasteiger partial charge in [0.25, 0.3) is 0 Å². The van der Waals surface area contributed by atoms with Crippen molar-refractivity contribution in [2.24, 2.45) is 0 Å². The number of furan rings is 2. The van der Waals surface area contributed by atoms with Crippen molar-refractivity contribution in [1.29, 1.82) is 0 Å². The first-order valence-electron chi connectivity index (χ1n) is 26.0. The Morgan fingerprint density at radius 1 is 0.378 bits per heavy atom. The van der Waals surface area contributed by atoms with Crippen molar-refractivity contribution < 1.29 is 45.2 Å². The van der Waals surface area contributed by atoms with Crippen LogP contribution < -0.4 is 30.7 Å². The molecule has 0 aliphatic carbocycles. The summed E-state index contributed by atoms with van der Waals surface area (Å²) >= 11 is 0. The summed E-state index contributed by atoms with van der Waals surface area (Å²) in [7, 11) is -10.1. The van der Waals surface area contributed by atoms with Crippen molar-refractivity contribution >= 4 is 117 Å². The maximum Gasteiger partial charge on any atom is 0.534 e. The summed E-state index contributed by atoms with van der Waals surface area (Å²) in [4.78, 5) is 0. The van der Waals surface area contributed by atoms with Crippen molar-refractivity contribution in [2.45, 2.75) is 5.51 Å². The minimum Gasteiger partial charge on any atom is -0.456 e. The second kappa shape index (κ2) is 22.3. The Labute approximate surface area is 472 Å². The van der Waals surface area contributed by atoms with E-state index in [1.165, 1.54) is 18.2 Å². The van der Waals surface area contributed by atoms with E-state index in [0.29, 0.717) is 5.39 Å². The lowest BCUT2D eigenvalue weighted by Gasteiger charge is -2.20. The highest BCUT2D eigenvalue weighted by atomic mass is 32.2. The standard InChI is InChI=1S/C34H23O2P.C23H13F3O4S.C12H10OP.H2/c35-37(28-9-3-1-4-10-28,29-11-5-2-6-12-29)30-19-17-25-21-24(15-16-26(25)22-30)27-18-20-34-32(23-27)31-13-7-8-14-33(31)36-34;24-23(25,26)31(27,28)30-18-9-7-15-11-14(5-6-16(15)12-18)17-8-10-22-20(13-17)19-3-1-2-4-21(19)29-22;13-14(11-7-3-1-4-8-11)12-9-5-2-6-10-12;/h1-23H;1-13H;1-10H;1H/q;;+1;. The summed E-state index contributed by atoms with van der Waals surface area (Å²) < 4.78 is 103. The molecule has 0 aliphatic heterocycles. The third-order valence-corrected chi connectivity index (χ3v) is 19.7. The van der Waals surface area contributed by atoms with Crippen molar-refractivity contribution in [3.63, 3.8) is 0 Å². The van der Waals surface area contributed by atoms with Crippen LogP contribution in [0.15, 0.2) is 288 Å². The highest BCUT2D eigenvalue weighted by molar-refractivity contribution is 7.88. The fourth-order valence-corrected chi connectivity index (χ4v) is 14.4. The molecule has 14 rings (SSSR count). The molecule has 0 bridgehead atoms. The Balaban J connectivity index is 0.000000141. The molecule has 12 aromatic carbocycles. The SMILES string of the molecule is O=P(c1ccccc1)(c1ccccc1)c1ccc2cc(-c3ccc4oc5ccccc5c4c3)ccc2c1.O=S(=O)(Oc1ccc2cc(-c3ccc4oc5ccccc5c4c3)ccc2c1)C(F)(F)F.O=[P+](c1ccccc1)c1ccccc1.[HH]. The van der Waals surface area contributed by atoms with E-state index in [1.807, 2.05) is 206 Å². The Morgan fingerprint density at radius 3 is 1.22 bits per heavy atom. The molecule has 0 atom stereocenters. The smallest absolute Gasteiger partial charge is 0.456 e. The van der Waals surface area contributed by atoms with Crippen LogP contribution in [0.5, 0.6) is 5.75 Å². The number of fused-ring (bicyclic) bond motifs is 8. The molecule has 82 heavy (non-hydrogen) atoms. The summed E-state index contributed by atoms with van der Waals surface area (Å²) in [5, 5.41) is 12.0. The summed E-state index contributed by atoms with van der Waals surface area (Å²) in [6, 6.07) is 88.9. The van der Waals surface area contributed by atoms with E-state index in [0.717, 1.165) is 109 Å². The zero-order chi connectivity index (χ0) is 56.4. The molecule has 7 nitrogen and oxygen atoms in total. The van der Waals surface area contributed by atoms with Crippen LogP contribution in [0, 0.1) is 0 Å². The van der Waals surface area contributed by atoms with Gasteiger partial charge in [0.15, 0.2) is 17.8 Å². The molecule has 0 saturated carbocycles. The quantitative estimate of drug-likeness (QED) is 0.0805. The molecule has 0 fully saturated rings. The van der Waals surface area contributed by atoms with E-state index >= 15 is 0 Å². The zero-order valence-corrected chi connectivity index (χ0v) is 46.0. The minimum absolute atomic E-state index is 0. The lowest BCUT2D eigenvalue weighted by molar-refractivity contribution is -0.0500. The van der Waals surface area contributed by atoms with Gasteiger partial charge in [0.1, 0.15) is 28.1 Å². The molecule has 402 valence electrons. The van der Waals surface area contributed by atoms with Gasteiger partial charge >= 0.3 is 23.4 Å². The summed E-state index contributed by atoms with van der Waals surface area (Å²) in [6.07, 6.45) is 0. The first-order chi connectivity index (χ1) is 39.8. The zero-order valence-electron chi connectivity index (χ0n) is 43.4. The van der Waals surface area contributed by atoms with Crippen molar-refractivity contribution in [3.8, 4) is 28.0 Å². The molecule has 0 saturated heterocycles. The Kier molecular flexibility index (Phi) is 14.5. The molecular weight excluding hydrogens is 1090 g/mol. The van der Waals surface area contributed by atoms with Crippen LogP contribution in [-0.2, 0) is 19.2 Å². The molecule has 0 unspecified atom stereocenters. The van der Waals surface area contributed by atoms with Gasteiger partial charge in [0, 0.05) is 38.9 Å². The second-order valence-electron chi connectivity index (χ2n) is 19.3. The third kappa shape index (κ3) is 10.7. The van der Waals surface area contributed by atoms with Crippen LogP contribution >= 0.6 is 14.9 Å². The van der Waals surface area contributed by atoms with Crippen molar-refractivity contribution in [1.82, 2.24) is 0 Å². The van der Waals surface area contributed by atoms with Gasteiger partial charge < -0.3 is 17.6 Å². The van der Waals surface area contributed by atoms with Gasteiger partial charge in [-0.05, 0) is 135 Å². The van der Waals surface area contributed by atoms with E-state index in [4.69, 9.17) is 8.83 Å². The molecule has 2 aromatic heterocycles. The monoisotopic (exact) mass is 1140 g/mol. The van der Waals surface area contributed by atoms with E-state index in [2.05, 4.69) is 52.7 Å². The van der Waals surface area contributed by atoms with Crippen LogP contribution in [0.3, 0.4) is 0 Å². The molecule has 14 aromatic rings. The summed E-state index contributed by atoms with van der Waals surface area (Å²) in [6.45, 7) is 0. The molecule has 2 heterocycles. The van der Waals surface area contributed by atoms with E-state index < -0.39 is 36.3 Å². The fourth-order valence-electron chi connectivity index (χ4n) is 10.0. The molecule has 0 radical (unpaired) electrons. The molecule has 0 aliphatic rings. The predicted molar refractivity (Wildman–Crippen MR) is 330 cm³/mol. The number of hydrogen-bond donors (Lipinski definition) is 0. The van der Waals surface area contributed by atoms with Crippen LogP contribution in [0.1, 0.15) is 1.43 Å². The minimum atomic E-state index is -5.71. The van der Waals surface area contributed by atoms with Gasteiger partial charge in [-0.25, -0.2) is 0 Å². The summed E-state index contributed by atoms with van der Waals surface area (Å²) in [5.41, 5.74) is 2.02. The highest BCUT2D eigenvalue weighted by Crippen LogP contribution is 2.43. The van der Waals surface area contributed by atoms with Crippen LogP contribution in [0.25, 0.3) is 87.7 Å². The summed E-state index contributed by atoms with van der Waals surface area (Å²) in [5.74, 6) is -0.399. The van der Waals surface area contributed by atoms with Gasteiger partial charge in [-0.3, -0.25) is 0 Å². The largest absolute Gasteiger partial charge is 0.534 e. The molecule has 0 spiro atoms. The Hall–Kier alpha value is -9.37. The highest BCUT2D eigenvalue weighted by Gasteiger charge is 2.48. The van der Waals surface area contributed by atoms with Crippen LogP contribution in [0.4, 0.5) is 13.2 Å². The number of para-hydroxylation sites is 2. The van der Waals surface area contributed by atoms with Gasteiger partial charge in [-0.1, -0.05) is 193 Å². The fraction of sp³-hybridized carbons (Fsp3) is 0.0145. The molecular formula is C69H48F3O7P2S+. The average Bonchev–Trinajstić information content (AvgIpc) is 4.33. The van der Waals surface area contributed by atoms with Gasteiger partial charge in [-0.2, -0.15) is 21.6 Å². The number of rotatable bonds is 9. The van der Waals surface area contributed by atoms with E-state index in [9.17, 15) is 30.7 Å². The maximum absolute atomic E-state index is 14.7. The van der Waals surface area contributed by atoms with Crippen molar-refractivity contribution in [2.75, 3.05) is 0 Å². The number of alkyl halides is 3. The first kappa shape index (κ1) is 53.3. The molecule has 13 heteroatoms. The first-order valence-corrected chi connectivity index (χ1v) is 30.4. The van der Waals surface area contributed by atoms with Gasteiger partial charge in [-0.15, -0.1) is 0 Å². The van der Waals surface area contributed by atoms with Gasteiger partial charge in [0.2, 0.25) is 0 Å². The number of halogens is 3. The maximum atomic E-state index is 14.7. The van der Waals surface area contributed by atoms with Crippen LogP contribution in [0.2, 0.25) is 0 Å². The predicted octanol–water partition coefficient (Wildman–Crippen LogP) is 17.4. The lowest BCUT2D eigenvalue weighted by atomic mass is 9.99. The average molecular weight is 1140 g/mol. The Morgan fingerprint density at radius 2 is 0.744 bits per heavy atom. The van der Waals surface area contributed by atoms with Gasteiger partial charge in [0.05, 0.1) is 0 Å². The van der Waals surface area contributed by atoms with E-state index in [1.54, 1.807) is 6.07 Å². The Bertz CT molecular complexity index is 4760. The second-order valence-corrected chi connectivity index (χ2v) is 25.2. The molecule has 0 N–H and O–H groups in total. The normalized spacial score (nSPS) is 11.8.